The molecule has 0 aliphatic heterocycles. The quantitative estimate of drug-likeness (QED) is 0.940. The highest BCUT2D eigenvalue weighted by Crippen LogP contribution is 2.21. The summed E-state index contributed by atoms with van der Waals surface area (Å²) in [7, 11) is -3.53. The van der Waals surface area contributed by atoms with E-state index in [1.807, 2.05) is 13.0 Å². The Morgan fingerprint density at radius 3 is 2.41 bits per heavy atom. The van der Waals surface area contributed by atoms with Crippen LogP contribution in [0, 0.1) is 6.92 Å². The van der Waals surface area contributed by atoms with Gasteiger partial charge in [0.15, 0.2) is 9.84 Å². The smallest absolute Gasteiger partial charge is 0.258 e. The van der Waals surface area contributed by atoms with Gasteiger partial charge in [-0.05, 0) is 44.5 Å². The zero-order chi connectivity index (χ0) is 16.3. The highest BCUT2D eigenvalue weighted by molar-refractivity contribution is 7.92. The Kier molecular flexibility index (Phi) is 4.61. The molecular formula is C16H18N2O3S. The lowest BCUT2D eigenvalue weighted by Gasteiger charge is -2.12. The van der Waals surface area contributed by atoms with E-state index in [9.17, 15) is 13.2 Å². The van der Waals surface area contributed by atoms with Crippen LogP contribution in [-0.4, -0.2) is 24.6 Å². The average Bonchev–Trinajstić information content (AvgIpc) is 2.49. The summed E-state index contributed by atoms with van der Waals surface area (Å²) in [6.45, 7) is 5.07. The van der Waals surface area contributed by atoms with E-state index >= 15 is 0 Å². The van der Waals surface area contributed by atoms with Crippen molar-refractivity contribution in [3.8, 4) is 0 Å². The van der Waals surface area contributed by atoms with E-state index < -0.39 is 21.0 Å². The number of aromatic nitrogens is 1. The van der Waals surface area contributed by atoms with Gasteiger partial charge in [-0.2, -0.15) is 0 Å². The molecule has 1 amide bonds. The molecule has 1 aromatic carbocycles. The number of rotatable bonds is 4. The van der Waals surface area contributed by atoms with Crippen LogP contribution in [0.25, 0.3) is 0 Å². The maximum absolute atomic E-state index is 12.4. The van der Waals surface area contributed by atoms with Gasteiger partial charge in [-0.3, -0.25) is 4.79 Å². The second-order valence-corrected chi connectivity index (χ2v) is 7.74. The van der Waals surface area contributed by atoms with Crippen LogP contribution in [0.3, 0.4) is 0 Å². The Bertz CT molecular complexity index is 781. The van der Waals surface area contributed by atoms with Crippen LogP contribution < -0.4 is 5.32 Å². The van der Waals surface area contributed by atoms with Gasteiger partial charge in [0.2, 0.25) is 0 Å². The van der Waals surface area contributed by atoms with E-state index in [-0.39, 0.29) is 10.5 Å². The van der Waals surface area contributed by atoms with Crippen molar-refractivity contribution in [3.63, 3.8) is 0 Å². The number of nitrogens with one attached hydrogen (secondary N) is 1. The molecule has 0 unspecified atom stereocenters. The second-order valence-electron chi connectivity index (χ2n) is 5.26. The van der Waals surface area contributed by atoms with Crippen molar-refractivity contribution in [2.75, 3.05) is 5.32 Å². The number of pyridine rings is 1. The molecule has 0 atom stereocenters. The van der Waals surface area contributed by atoms with Crippen LogP contribution >= 0.6 is 0 Å². The Balaban J connectivity index is 2.37. The van der Waals surface area contributed by atoms with Crippen LogP contribution in [-0.2, 0) is 9.84 Å². The molecule has 0 spiro atoms. The fourth-order valence-electron chi connectivity index (χ4n) is 1.88. The van der Waals surface area contributed by atoms with Crippen molar-refractivity contribution in [2.24, 2.45) is 0 Å². The zero-order valence-corrected chi connectivity index (χ0v) is 13.5. The zero-order valence-electron chi connectivity index (χ0n) is 12.7. The van der Waals surface area contributed by atoms with Gasteiger partial charge in [0.1, 0.15) is 5.82 Å². The molecule has 0 aliphatic carbocycles. The molecule has 5 nitrogen and oxygen atoms in total. The Morgan fingerprint density at radius 2 is 1.82 bits per heavy atom. The van der Waals surface area contributed by atoms with Gasteiger partial charge in [0, 0.05) is 6.20 Å². The molecular weight excluding hydrogens is 300 g/mol. The number of carbonyl (C=O) groups excluding carboxylic acids is 1. The van der Waals surface area contributed by atoms with Gasteiger partial charge < -0.3 is 5.32 Å². The van der Waals surface area contributed by atoms with Crippen LogP contribution in [0.5, 0.6) is 0 Å². The number of hydrogen-bond acceptors (Lipinski definition) is 4. The van der Waals surface area contributed by atoms with Gasteiger partial charge in [0.25, 0.3) is 5.91 Å². The fourth-order valence-corrected chi connectivity index (χ4v) is 3.13. The lowest BCUT2D eigenvalue weighted by molar-refractivity contribution is 0.102. The van der Waals surface area contributed by atoms with E-state index in [1.54, 1.807) is 38.2 Å². The fraction of sp³-hybridized carbons (Fsp3) is 0.250. The number of nitrogens with zero attached hydrogens (tertiary/aromatic N) is 1. The summed E-state index contributed by atoms with van der Waals surface area (Å²) in [4.78, 5) is 16.5. The van der Waals surface area contributed by atoms with Crippen LogP contribution in [0.4, 0.5) is 5.82 Å². The topological polar surface area (TPSA) is 76.1 Å². The van der Waals surface area contributed by atoms with Crippen LogP contribution in [0.15, 0.2) is 47.5 Å². The second kappa shape index (κ2) is 6.27. The van der Waals surface area contributed by atoms with E-state index in [4.69, 9.17) is 0 Å². The highest BCUT2D eigenvalue weighted by atomic mass is 32.2. The van der Waals surface area contributed by atoms with E-state index in [0.717, 1.165) is 5.56 Å². The van der Waals surface area contributed by atoms with Crippen molar-refractivity contribution >= 4 is 21.6 Å². The minimum Gasteiger partial charge on any atom is -0.307 e. The first-order valence-corrected chi connectivity index (χ1v) is 8.44. The first-order chi connectivity index (χ1) is 10.3. The van der Waals surface area contributed by atoms with Gasteiger partial charge in [-0.15, -0.1) is 0 Å². The molecule has 6 heteroatoms. The third kappa shape index (κ3) is 3.33. The molecule has 1 aromatic heterocycles. The van der Waals surface area contributed by atoms with Gasteiger partial charge in [0.05, 0.1) is 15.7 Å². The minimum atomic E-state index is -3.53. The van der Waals surface area contributed by atoms with Crippen LogP contribution in [0.2, 0.25) is 0 Å². The summed E-state index contributed by atoms with van der Waals surface area (Å²) in [5.41, 5.74) is 1.10. The maximum Gasteiger partial charge on any atom is 0.258 e. The molecule has 116 valence electrons. The molecule has 0 fully saturated rings. The largest absolute Gasteiger partial charge is 0.307 e. The van der Waals surface area contributed by atoms with Crippen molar-refractivity contribution in [2.45, 2.75) is 30.9 Å². The Morgan fingerprint density at radius 1 is 1.14 bits per heavy atom. The first kappa shape index (κ1) is 16.2. The number of amides is 1. The number of carbonyl (C=O) groups is 1. The maximum atomic E-state index is 12.4. The van der Waals surface area contributed by atoms with E-state index in [1.165, 1.54) is 12.1 Å². The Hall–Kier alpha value is -2.21. The molecule has 0 aliphatic rings. The van der Waals surface area contributed by atoms with Crippen LogP contribution in [0.1, 0.15) is 29.8 Å². The molecule has 2 rings (SSSR count). The lowest BCUT2D eigenvalue weighted by Crippen LogP contribution is -2.21. The molecule has 1 heterocycles. The summed E-state index contributed by atoms with van der Waals surface area (Å²) in [5, 5.41) is 2.02. The predicted molar refractivity (Wildman–Crippen MR) is 85.7 cm³/mol. The molecule has 0 saturated heterocycles. The average molecular weight is 318 g/mol. The number of hydrogen-bond donors (Lipinski definition) is 1. The summed E-state index contributed by atoms with van der Waals surface area (Å²) in [6, 6.07) is 9.69. The normalized spacial score (nSPS) is 11.5. The number of sulfone groups is 1. The number of anilines is 1. The summed E-state index contributed by atoms with van der Waals surface area (Å²) in [5.74, 6) is -0.108. The minimum absolute atomic E-state index is 0.0367. The first-order valence-electron chi connectivity index (χ1n) is 6.89. The lowest BCUT2D eigenvalue weighted by atomic mass is 10.2. The third-order valence-electron chi connectivity index (χ3n) is 3.21. The Labute approximate surface area is 130 Å². The summed E-state index contributed by atoms with van der Waals surface area (Å²) >= 11 is 0. The van der Waals surface area contributed by atoms with Crippen molar-refractivity contribution in [1.29, 1.82) is 0 Å². The molecule has 0 bridgehead atoms. The third-order valence-corrected chi connectivity index (χ3v) is 5.42. The summed E-state index contributed by atoms with van der Waals surface area (Å²) < 4.78 is 24.7. The van der Waals surface area contributed by atoms with Gasteiger partial charge >= 0.3 is 0 Å². The number of aryl methyl sites for hydroxylation is 1. The predicted octanol–water partition coefficient (Wildman–Crippen LogP) is 2.82. The molecule has 1 N–H and O–H groups in total. The monoisotopic (exact) mass is 318 g/mol. The van der Waals surface area contributed by atoms with Crippen molar-refractivity contribution < 1.29 is 13.2 Å². The van der Waals surface area contributed by atoms with Crippen molar-refractivity contribution in [3.05, 3.63) is 53.7 Å². The SMILES string of the molecule is Cc1ccc(NC(=O)c2ccccc2S(=O)(=O)C(C)C)nc1. The molecule has 0 saturated carbocycles. The van der Waals surface area contributed by atoms with E-state index in [2.05, 4.69) is 10.3 Å². The number of benzene rings is 1. The van der Waals surface area contributed by atoms with Gasteiger partial charge in [-0.25, -0.2) is 13.4 Å². The van der Waals surface area contributed by atoms with Gasteiger partial charge in [-0.1, -0.05) is 18.2 Å². The molecule has 0 radical (unpaired) electrons. The highest BCUT2D eigenvalue weighted by Gasteiger charge is 2.25. The molecule has 2 aromatic rings. The summed E-state index contributed by atoms with van der Waals surface area (Å²) in [6.07, 6.45) is 1.63. The van der Waals surface area contributed by atoms with Crippen molar-refractivity contribution in [1.82, 2.24) is 4.98 Å². The standard InChI is InChI=1S/C16H18N2O3S/c1-11(2)22(20,21)14-7-5-4-6-13(14)16(19)18-15-9-8-12(3)10-17-15/h4-11H,1-3H3,(H,17,18,19). The molecule has 22 heavy (non-hydrogen) atoms. The van der Waals surface area contributed by atoms with E-state index in [0.29, 0.717) is 5.82 Å².